The zero-order chi connectivity index (χ0) is 17.9. The first-order valence-corrected chi connectivity index (χ1v) is 10.3. The van der Waals surface area contributed by atoms with Crippen molar-refractivity contribution in [3.05, 3.63) is 29.9 Å². The van der Waals surface area contributed by atoms with Gasteiger partial charge in [-0.05, 0) is 51.6 Å². The minimum atomic E-state index is 0.549. The minimum Gasteiger partial charge on any atom is -0.328 e. The van der Waals surface area contributed by atoms with Gasteiger partial charge in [0.15, 0.2) is 5.82 Å². The summed E-state index contributed by atoms with van der Waals surface area (Å²) in [5.74, 6) is 4.69. The molecule has 0 spiro atoms. The molecule has 1 aliphatic carbocycles. The molecule has 2 aromatic rings. The highest BCUT2D eigenvalue weighted by Gasteiger charge is 2.26. The van der Waals surface area contributed by atoms with E-state index in [0.717, 1.165) is 29.9 Å². The Balaban J connectivity index is 1.33. The molecule has 0 unspecified atom stereocenters. The maximum Gasteiger partial charge on any atom is 0.152 e. The number of aryl methyl sites for hydroxylation is 1. The van der Waals surface area contributed by atoms with Crippen LogP contribution < -0.4 is 0 Å². The van der Waals surface area contributed by atoms with Crippen LogP contribution >= 0.6 is 0 Å². The summed E-state index contributed by atoms with van der Waals surface area (Å²) in [5.41, 5.74) is 0. The Morgan fingerprint density at radius 2 is 1.81 bits per heavy atom. The van der Waals surface area contributed by atoms with Gasteiger partial charge in [-0.15, -0.1) is 10.2 Å². The van der Waals surface area contributed by atoms with Gasteiger partial charge in [-0.3, -0.25) is 0 Å². The molecule has 0 radical (unpaired) electrons. The first-order valence-electron chi connectivity index (χ1n) is 10.3. The largest absolute Gasteiger partial charge is 0.328 e. The van der Waals surface area contributed by atoms with Crippen molar-refractivity contribution >= 4 is 0 Å². The van der Waals surface area contributed by atoms with Crippen molar-refractivity contribution in [1.82, 2.24) is 29.2 Å². The van der Waals surface area contributed by atoms with Gasteiger partial charge in [-0.25, -0.2) is 4.98 Å². The predicted octanol–water partition coefficient (Wildman–Crippen LogP) is 3.13. The second kappa shape index (κ2) is 7.91. The molecule has 2 fully saturated rings. The number of likely N-dealkylation sites (tertiary alicyclic amines) is 1. The van der Waals surface area contributed by atoms with Crippen molar-refractivity contribution in [3.8, 4) is 0 Å². The summed E-state index contributed by atoms with van der Waals surface area (Å²) >= 11 is 0. The summed E-state index contributed by atoms with van der Waals surface area (Å²) in [5, 5.41) is 9.02. The van der Waals surface area contributed by atoms with Gasteiger partial charge in [0.25, 0.3) is 0 Å². The second-order valence-corrected chi connectivity index (χ2v) is 8.21. The lowest BCUT2D eigenvalue weighted by Crippen LogP contribution is -2.37. The van der Waals surface area contributed by atoms with Gasteiger partial charge in [0.2, 0.25) is 0 Å². The molecule has 2 aromatic heterocycles. The van der Waals surface area contributed by atoms with E-state index in [1.807, 2.05) is 19.3 Å². The molecule has 3 heterocycles. The summed E-state index contributed by atoms with van der Waals surface area (Å²) in [7, 11) is 2.12. The SMILES string of the molecule is Cc1nccn1Cc1nnc(C2CCN(CC3CCCCC3)CC2)n1C. The van der Waals surface area contributed by atoms with Gasteiger partial charge in [-0.1, -0.05) is 19.3 Å². The standard InChI is InChI=1S/C20H32N6/c1-16-21-10-13-26(16)15-19-22-23-20(24(19)2)18-8-11-25(12-9-18)14-17-6-4-3-5-7-17/h10,13,17-18H,3-9,11-12,14-15H2,1-2H3. The van der Waals surface area contributed by atoms with Crippen LogP contribution in [0.15, 0.2) is 12.4 Å². The van der Waals surface area contributed by atoms with E-state index in [1.54, 1.807) is 0 Å². The Labute approximate surface area is 156 Å². The Morgan fingerprint density at radius 3 is 2.50 bits per heavy atom. The number of hydrogen-bond acceptors (Lipinski definition) is 4. The van der Waals surface area contributed by atoms with Crippen LogP contribution in [-0.2, 0) is 13.6 Å². The molecule has 6 heteroatoms. The van der Waals surface area contributed by atoms with Crippen molar-refractivity contribution in [3.63, 3.8) is 0 Å². The van der Waals surface area contributed by atoms with E-state index >= 15 is 0 Å². The molecule has 0 N–H and O–H groups in total. The third kappa shape index (κ3) is 3.85. The first kappa shape index (κ1) is 17.7. The zero-order valence-electron chi connectivity index (χ0n) is 16.3. The highest BCUT2D eigenvalue weighted by molar-refractivity contribution is 5.05. The molecule has 0 atom stereocenters. The fraction of sp³-hybridized carbons (Fsp3) is 0.750. The molecule has 2 aliphatic rings. The number of aromatic nitrogens is 5. The molecule has 26 heavy (non-hydrogen) atoms. The van der Waals surface area contributed by atoms with Crippen molar-refractivity contribution < 1.29 is 0 Å². The van der Waals surface area contributed by atoms with Crippen LogP contribution in [0.3, 0.4) is 0 Å². The molecule has 4 rings (SSSR count). The van der Waals surface area contributed by atoms with E-state index in [1.165, 1.54) is 64.6 Å². The van der Waals surface area contributed by atoms with Crippen LogP contribution in [0.4, 0.5) is 0 Å². The van der Waals surface area contributed by atoms with Gasteiger partial charge in [0.1, 0.15) is 11.6 Å². The van der Waals surface area contributed by atoms with E-state index in [4.69, 9.17) is 0 Å². The number of hydrogen-bond donors (Lipinski definition) is 0. The lowest BCUT2D eigenvalue weighted by atomic mass is 9.88. The van der Waals surface area contributed by atoms with E-state index in [-0.39, 0.29) is 0 Å². The zero-order valence-corrected chi connectivity index (χ0v) is 16.3. The van der Waals surface area contributed by atoms with Gasteiger partial charge in [-0.2, -0.15) is 0 Å². The molecular formula is C20H32N6. The third-order valence-electron chi connectivity index (χ3n) is 6.43. The molecule has 0 bridgehead atoms. The van der Waals surface area contributed by atoms with Gasteiger partial charge >= 0.3 is 0 Å². The Morgan fingerprint density at radius 1 is 1.04 bits per heavy atom. The summed E-state index contributed by atoms with van der Waals surface area (Å²) < 4.78 is 4.33. The number of piperidine rings is 1. The topological polar surface area (TPSA) is 51.8 Å². The average molecular weight is 357 g/mol. The number of imidazole rings is 1. The molecule has 1 aliphatic heterocycles. The second-order valence-electron chi connectivity index (χ2n) is 8.21. The van der Waals surface area contributed by atoms with Crippen LogP contribution in [0.2, 0.25) is 0 Å². The lowest BCUT2D eigenvalue weighted by molar-refractivity contribution is 0.161. The first-order chi connectivity index (χ1) is 12.7. The third-order valence-corrected chi connectivity index (χ3v) is 6.43. The Bertz CT molecular complexity index is 704. The van der Waals surface area contributed by atoms with Gasteiger partial charge < -0.3 is 14.0 Å². The smallest absolute Gasteiger partial charge is 0.152 e. The minimum absolute atomic E-state index is 0.549. The van der Waals surface area contributed by atoms with Gasteiger partial charge in [0, 0.05) is 31.9 Å². The van der Waals surface area contributed by atoms with Crippen molar-refractivity contribution in [2.24, 2.45) is 13.0 Å². The lowest BCUT2D eigenvalue weighted by Gasteiger charge is -2.35. The van der Waals surface area contributed by atoms with Crippen molar-refractivity contribution in [2.75, 3.05) is 19.6 Å². The fourth-order valence-electron chi connectivity index (χ4n) is 4.70. The number of nitrogens with zero attached hydrogens (tertiary/aromatic N) is 6. The quantitative estimate of drug-likeness (QED) is 0.826. The van der Waals surface area contributed by atoms with Crippen LogP contribution in [0.5, 0.6) is 0 Å². The van der Waals surface area contributed by atoms with Crippen LogP contribution in [0, 0.1) is 12.8 Å². The highest BCUT2D eigenvalue weighted by atomic mass is 15.3. The highest BCUT2D eigenvalue weighted by Crippen LogP contribution is 2.30. The fourth-order valence-corrected chi connectivity index (χ4v) is 4.70. The Hall–Kier alpha value is -1.69. The van der Waals surface area contributed by atoms with E-state index in [9.17, 15) is 0 Å². The average Bonchev–Trinajstić information content (AvgIpc) is 3.23. The Kier molecular flexibility index (Phi) is 5.38. The summed E-state index contributed by atoms with van der Waals surface area (Å²) in [6.07, 6.45) is 13.5. The van der Waals surface area contributed by atoms with Crippen molar-refractivity contribution in [2.45, 2.75) is 64.3 Å². The molecule has 1 saturated carbocycles. The molecule has 1 saturated heterocycles. The van der Waals surface area contributed by atoms with Crippen LogP contribution in [-0.4, -0.2) is 48.8 Å². The summed E-state index contributed by atoms with van der Waals surface area (Å²) in [6.45, 7) is 6.51. The molecule has 0 aromatic carbocycles. The van der Waals surface area contributed by atoms with E-state index in [0.29, 0.717) is 5.92 Å². The predicted molar refractivity (Wildman–Crippen MR) is 102 cm³/mol. The summed E-state index contributed by atoms with van der Waals surface area (Å²) in [4.78, 5) is 6.99. The molecule has 142 valence electrons. The van der Waals surface area contributed by atoms with E-state index in [2.05, 4.69) is 36.3 Å². The maximum absolute atomic E-state index is 4.55. The monoisotopic (exact) mass is 356 g/mol. The van der Waals surface area contributed by atoms with Gasteiger partial charge in [0.05, 0.1) is 6.54 Å². The normalized spacial score (nSPS) is 20.7. The van der Waals surface area contributed by atoms with Crippen molar-refractivity contribution in [1.29, 1.82) is 0 Å². The van der Waals surface area contributed by atoms with Crippen LogP contribution in [0.25, 0.3) is 0 Å². The van der Waals surface area contributed by atoms with E-state index < -0.39 is 0 Å². The molecular weight excluding hydrogens is 324 g/mol. The maximum atomic E-state index is 4.55. The molecule has 0 amide bonds. The number of rotatable bonds is 5. The van der Waals surface area contributed by atoms with Crippen LogP contribution in [0.1, 0.15) is 68.3 Å². The summed E-state index contributed by atoms with van der Waals surface area (Å²) in [6, 6.07) is 0. The molecule has 6 nitrogen and oxygen atoms in total.